The van der Waals surface area contributed by atoms with E-state index in [1.807, 2.05) is 35.0 Å². The van der Waals surface area contributed by atoms with E-state index in [4.69, 9.17) is 10.5 Å². The van der Waals surface area contributed by atoms with Gasteiger partial charge in [0.05, 0.1) is 12.1 Å². The molecule has 3 rings (SSSR count). The van der Waals surface area contributed by atoms with Crippen molar-refractivity contribution in [3.63, 3.8) is 0 Å². The number of thiophene rings is 2. The second-order valence-electron chi connectivity index (χ2n) is 5.03. The fraction of sp³-hybridized carbons (Fsp3) is 0.400. The van der Waals surface area contributed by atoms with Crippen LogP contribution in [-0.4, -0.2) is 24.7 Å². The van der Waals surface area contributed by atoms with E-state index in [2.05, 4.69) is 5.32 Å². The predicted octanol–water partition coefficient (Wildman–Crippen LogP) is 2.52. The molecule has 4 nitrogen and oxygen atoms in total. The summed E-state index contributed by atoms with van der Waals surface area (Å²) in [5.41, 5.74) is 5.60. The minimum absolute atomic E-state index is 0.0164. The Balaban J connectivity index is 1.72. The van der Waals surface area contributed by atoms with Gasteiger partial charge in [-0.25, -0.2) is 0 Å². The van der Waals surface area contributed by atoms with Crippen LogP contribution in [0, 0.1) is 0 Å². The molecule has 1 saturated heterocycles. The molecular weight excluding hydrogens is 304 g/mol. The van der Waals surface area contributed by atoms with E-state index in [1.165, 1.54) is 0 Å². The number of hydrogen-bond donors (Lipinski definition) is 2. The number of carbonyl (C=O) groups excluding carboxylic acids is 1. The molecule has 0 saturated carbocycles. The van der Waals surface area contributed by atoms with Crippen LogP contribution in [0.2, 0.25) is 0 Å². The topological polar surface area (TPSA) is 64.4 Å². The smallest absolute Gasteiger partial charge is 0.249 e. The van der Waals surface area contributed by atoms with Crippen molar-refractivity contribution in [2.75, 3.05) is 6.54 Å². The van der Waals surface area contributed by atoms with E-state index in [-0.39, 0.29) is 24.2 Å². The van der Waals surface area contributed by atoms with Gasteiger partial charge in [0, 0.05) is 16.3 Å². The molecule has 0 radical (unpaired) electrons. The molecule has 0 aromatic carbocycles. The lowest BCUT2D eigenvalue weighted by atomic mass is 10.1. The SMILES string of the molecule is NC[C@H]1CC[C@@H](C(=O)NC(c2cccs2)c2cccs2)O1. The molecule has 112 valence electrons. The number of carbonyl (C=O) groups is 1. The van der Waals surface area contributed by atoms with Crippen LogP contribution in [0.15, 0.2) is 35.0 Å². The summed E-state index contributed by atoms with van der Waals surface area (Å²) in [6, 6.07) is 8.02. The van der Waals surface area contributed by atoms with Gasteiger partial charge in [-0.1, -0.05) is 12.1 Å². The minimum atomic E-state index is -0.374. The monoisotopic (exact) mass is 322 g/mol. The van der Waals surface area contributed by atoms with Crippen molar-refractivity contribution in [2.45, 2.75) is 31.1 Å². The van der Waals surface area contributed by atoms with Gasteiger partial charge in [0.1, 0.15) is 6.10 Å². The Kier molecular flexibility index (Phi) is 4.70. The lowest BCUT2D eigenvalue weighted by Crippen LogP contribution is -2.37. The van der Waals surface area contributed by atoms with E-state index in [0.29, 0.717) is 6.54 Å². The molecule has 1 aliphatic rings. The Hall–Kier alpha value is -1.21. The largest absolute Gasteiger partial charge is 0.364 e. The van der Waals surface area contributed by atoms with Crippen molar-refractivity contribution >= 4 is 28.6 Å². The molecule has 3 heterocycles. The number of rotatable bonds is 5. The molecule has 2 atom stereocenters. The van der Waals surface area contributed by atoms with Crippen LogP contribution in [0.5, 0.6) is 0 Å². The van der Waals surface area contributed by atoms with E-state index in [0.717, 1.165) is 22.6 Å². The van der Waals surface area contributed by atoms with Crippen LogP contribution < -0.4 is 11.1 Å². The molecule has 1 amide bonds. The molecule has 3 N–H and O–H groups in total. The molecule has 0 bridgehead atoms. The second kappa shape index (κ2) is 6.70. The van der Waals surface area contributed by atoms with Gasteiger partial charge < -0.3 is 15.8 Å². The number of ether oxygens (including phenoxy) is 1. The van der Waals surface area contributed by atoms with E-state index >= 15 is 0 Å². The molecule has 2 aromatic rings. The third-order valence-corrected chi connectivity index (χ3v) is 5.48. The summed E-state index contributed by atoms with van der Waals surface area (Å²) in [5, 5.41) is 7.18. The number of amides is 1. The first-order chi connectivity index (χ1) is 10.3. The first-order valence-corrected chi connectivity index (χ1v) is 8.76. The van der Waals surface area contributed by atoms with Crippen LogP contribution in [0.3, 0.4) is 0 Å². The molecule has 0 spiro atoms. The summed E-state index contributed by atoms with van der Waals surface area (Å²) in [5.74, 6) is -0.0437. The average Bonchev–Trinajstić information content (AvgIpc) is 3.26. The van der Waals surface area contributed by atoms with Gasteiger partial charge in [-0.05, 0) is 35.7 Å². The van der Waals surface area contributed by atoms with E-state index in [1.54, 1.807) is 22.7 Å². The quantitative estimate of drug-likeness (QED) is 0.889. The normalized spacial score (nSPS) is 21.8. The van der Waals surface area contributed by atoms with Gasteiger partial charge in [0.2, 0.25) is 5.91 Å². The van der Waals surface area contributed by atoms with Crippen LogP contribution >= 0.6 is 22.7 Å². The van der Waals surface area contributed by atoms with Crippen molar-refractivity contribution in [1.29, 1.82) is 0 Å². The number of hydrogen-bond acceptors (Lipinski definition) is 5. The maximum absolute atomic E-state index is 12.4. The third kappa shape index (κ3) is 3.35. The Labute approximate surface area is 131 Å². The molecule has 0 unspecified atom stereocenters. The lowest BCUT2D eigenvalue weighted by molar-refractivity contribution is -0.132. The second-order valence-corrected chi connectivity index (χ2v) is 6.99. The summed E-state index contributed by atoms with van der Waals surface area (Å²) in [6.07, 6.45) is 1.25. The highest BCUT2D eigenvalue weighted by atomic mass is 32.1. The van der Waals surface area contributed by atoms with Gasteiger partial charge in [-0.3, -0.25) is 4.79 Å². The van der Waals surface area contributed by atoms with Crippen molar-refractivity contribution in [3.05, 3.63) is 44.8 Å². The van der Waals surface area contributed by atoms with Crippen molar-refractivity contribution in [1.82, 2.24) is 5.32 Å². The number of nitrogens with one attached hydrogen (secondary N) is 1. The highest BCUT2D eigenvalue weighted by Crippen LogP contribution is 2.30. The Morgan fingerprint density at radius 1 is 1.29 bits per heavy atom. The van der Waals surface area contributed by atoms with Gasteiger partial charge in [-0.15, -0.1) is 22.7 Å². The third-order valence-electron chi connectivity index (χ3n) is 3.60. The average molecular weight is 322 g/mol. The molecule has 21 heavy (non-hydrogen) atoms. The molecule has 1 fully saturated rings. The molecule has 1 aliphatic heterocycles. The van der Waals surface area contributed by atoms with Gasteiger partial charge >= 0.3 is 0 Å². The van der Waals surface area contributed by atoms with Gasteiger partial charge in [0.25, 0.3) is 0 Å². The van der Waals surface area contributed by atoms with E-state index in [9.17, 15) is 4.79 Å². The highest BCUT2D eigenvalue weighted by Gasteiger charge is 2.31. The summed E-state index contributed by atoms with van der Waals surface area (Å²) >= 11 is 3.30. The highest BCUT2D eigenvalue weighted by molar-refractivity contribution is 7.11. The fourth-order valence-electron chi connectivity index (χ4n) is 2.50. The summed E-state index contributed by atoms with van der Waals surface area (Å²) in [4.78, 5) is 14.7. The number of nitrogens with two attached hydrogens (primary N) is 1. The standard InChI is InChI=1S/C15H18N2O2S2/c16-9-10-5-6-11(19-10)15(18)17-14(12-3-1-7-20-12)13-4-2-8-21-13/h1-4,7-8,10-11,14H,5-6,9,16H2,(H,17,18)/t10-,11+/m1/s1. The first-order valence-electron chi connectivity index (χ1n) is 7.00. The maximum atomic E-state index is 12.4. The van der Waals surface area contributed by atoms with Crippen molar-refractivity contribution in [2.24, 2.45) is 5.73 Å². The van der Waals surface area contributed by atoms with Crippen LogP contribution in [0.4, 0.5) is 0 Å². The van der Waals surface area contributed by atoms with Gasteiger partial charge in [-0.2, -0.15) is 0 Å². The van der Waals surface area contributed by atoms with Crippen molar-refractivity contribution in [3.8, 4) is 0 Å². The zero-order chi connectivity index (χ0) is 14.7. The first kappa shape index (κ1) is 14.7. The zero-order valence-electron chi connectivity index (χ0n) is 11.5. The molecular formula is C15H18N2O2S2. The van der Waals surface area contributed by atoms with Crippen LogP contribution in [0.25, 0.3) is 0 Å². The molecule has 6 heteroatoms. The minimum Gasteiger partial charge on any atom is -0.364 e. The summed E-state index contributed by atoms with van der Waals surface area (Å²) < 4.78 is 5.68. The van der Waals surface area contributed by atoms with Gasteiger partial charge in [0.15, 0.2) is 0 Å². The zero-order valence-corrected chi connectivity index (χ0v) is 13.2. The lowest BCUT2D eigenvalue weighted by Gasteiger charge is -2.19. The summed E-state index contributed by atoms with van der Waals surface area (Å²) in [6.45, 7) is 0.475. The maximum Gasteiger partial charge on any atom is 0.249 e. The molecule has 0 aliphatic carbocycles. The summed E-state index contributed by atoms with van der Waals surface area (Å²) in [7, 11) is 0. The predicted molar refractivity (Wildman–Crippen MR) is 85.6 cm³/mol. The van der Waals surface area contributed by atoms with Crippen molar-refractivity contribution < 1.29 is 9.53 Å². The Bertz CT molecular complexity index is 534. The van der Waals surface area contributed by atoms with E-state index < -0.39 is 0 Å². The van der Waals surface area contributed by atoms with Crippen LogP contribution in [0.1, 0.15) is 28.6 Å². The Morgan fingerprint density at radius 3 is 2.43 bits per heavy atom. The molecule has 2 aromatic heterocycles. The fourth-order valence-corrected chi connectivity index (χ4v) is 4.16. The van der Waals surface area contributed by atoms with Crippen LogP contribution in [-0.2, 0) is 9.53 Å². The Morgan fingerprint density at radius 2 is 1.95 bits per heavy atom.